The highest BCUT2D eigenvalue weighted by atomic mass is 32.1. The third-order valence-electron chi connectivity index (χ3n) is 4.45. The highest BCUT2D eigenvalue weighted by molar-refractivity contribution is 7.80. The molecule has 8 heteroatoms. The van der Waals surface area contributed by atoms with E-state index in [9.17, 15) is 14.9 Å². The van der Waals surface area contributed by atoms with Gasteiger partial charge >= 0.3 is 0 Å². The van der Waals surface area contributed by atoms with E-state index in [0.29, 0.717) is 31.3 Å². The van der Waals surface area contributed by atoms with Crippen LogP contribution in [0.3, 0.4) is 0 Å². The maximum Gasteiger partial charge on any atom is 0.269 e. The lowest BCUT2D eigenvalue weighted by Crippen LogP contribution is -2.52. The summed E-state index contributed by atoms with van der Waals surface area (Å²) in [5, 5.41) is 13.9. The summed E-state index contributed by atoms with van der Waals surface area (Å²) in [7, 11) is 0. The molecule has 1 heterocycles. The fourth-order valence-electron chi connectivity index (χ4n) is 2.92. The fraction of sp³-hybridized carbons (Fsp3) is 0.200. The number of piperazine rings is 1. The number of benzene rings is 2. The zero-order chi connectivity index (χ0) is 19.9. The number of non-ortho nitro benzene ring substituents is 1. The van der Waals surface area contributed by atoms with Crippen LogP contribution in [0.15, 0.2) is 60.7 Å². The zero-order valence-corrected chi connectivity index (χ0v) is 16.0. The molecule has 0 bridgehead atoms. The lowest BCUT2D eigenvalue weighted by Gasteiger charge is -2.37. The molecular formula is C20H20N4O3S. The molecule has 3 rings (SSSR count). The molecule has 0 unspecified atom stereocenters. The normalized spacial score (nSPS) is 14.1. The van der Waals surface area contributed by atoms with Crippen LogP contribution in [-0.2, 0) is 4.79 Å². The van der Waals surface area contributed by atoms with E-state index in [-0.39, 0.29) is 11.6 Å². The second-order valence-corrected chi connectivity index (χ2v) is 6.67. The predicted octanol–water partition coefficient (Wildman–Crippen LogP) is 2.83. The Morgan fingerprint density at radius 2 is 1.68 bits per heavy atom. The summed E-state index contributed by atoms with van der Waals surface area (Å²) in [5.74, 6) is -0.258. The Balaban J connectivity index is 1.48. The molecule has 1 saturated heterocycles. The third kappa shape index (κ3) is 5.14. The van der Waals surface area contributed by atoms with Crippen LogP contribution < -0.4 is 10.2 Å². The Bertz CT molecular complexity index is 876. The van der Waals surface area contributed by atoms with Gasteiger partial charge in [-0.2, -0.15) is 0 Å². The van der Waals surface area contributed by atoms with Crippen molar-refractivity contribution in [2.75, 3.05) is 31.1 Å². The summed E-state index contributed by atoms with van der Waals surface area (Å²) in [6.45, 7) is 2.76. The van der Waals surface area contributed by atoms with Gasteiger partial charge in [0, 0.05) is 50.1 Å². The molecule has 0 spiro atoms. The van der Waals surface area contributed by atoms with Gasteiger partial charge in [-0.05, 0) is 36.0 Å². The molecule has 1 aliphatic rings. The van der Waals surface area contributed by atoms with E-state index in [1.807, 2.05) is 35.2 Å². The number of rotatable bonds is 4. The molecular weight excluding hydrogens is 376 g/mol. The van der Waals surface area contributed by atoms with E-state index in [1.54, 1.807) is 18.2 Å². The van der Waals surface area contributed by atoms with Crippen molar-refractivity contribution in [1.82, 2.24) is 10.2 Å². The van der Waals surface area contributed by atoms with Gasteiger partial charge in [0.15, 0.2) is 5.11 Å². The first-order valence-electron chi connectivity index (χ1n) is 8.85. The van der Waals surface area contributed by atoms with Gasteiger partial charge in [0.25, 0.3) is 5.69 Å². The Labute approximate surface area is 168 Å². The van der Waals surface area contributed by atoms with Crippen molar-refractivity contribution in [3.63, 3.8) is 0 Å². The van der Waals surface area contributed by atoms with Crippen LogP contribution in [0.5, 0.6) is 0 Å². The molecule has 0 radical (unpaired) electrons. The van der Waals surface area contributed by atoms with E-state index < -0.39 is 4.92 Å². The Morgan fingerprint density at radius 3 is 2.29 bits per heavy atom. The van der Waals surface area contributed by atoms with Crippen molar-refractivity contribution >= 4 is 40.7 Å². The maximum atomic E-state index is 12.1. The van der Waals surface area contributed by atoms with Crippen molar-refractivity contribution in [1.29, 1.82) is 0 Å². The Kier molecular flexibility index (Phi) is 6.33. The average molecular weight is 396 g/mol. The van der Waals surface area contributed by atoms with Gasteiger partial charge in [-0.25, -0.2) is 0 Å². The van der Waals surface area contributed by atoms with Crippen LogP contribution in [-0.4, -0.2) is 47.0 Å². The largest absolute Gasteiger partial charge is 0.368 e. The van der Waals surface area contributed by atoms with Crippen LogP contribution in [0, 0.1) is 10.1 Å². The maximum absolute atomic E-state index is 12.1. The molecule has 7 nitrogen and oxygen atoms in total. The number of hydrogen-bond acceptors (Lipinski definition) is 5. The van der Waals surface area contributed by atoms with Gasteiger partial charge < -0.3 is 9.80 Å². The first-order chi connectivity index (χ1) is 13.5. The average Bonchev–Trinajstić information content (AvgIpc) is 2.73. The molecule has 144 valence electrons. The van der Waals surface area contributed by atoms with Gasteiger partial charge in [0.2, 0.25) is 5.91 Å². The molecule has 0 aliphatic carbocycles. The number of hydrogen-bond donors (Lipinski definition) is 1. The minimum absolute atomic E-state index is 0.0785. The molecule has 2 aromatic rings. The second kappa shape index (κ2) is 9.09. The highest BCUT2D eigenvalue weighted by Gasteiger charge is 2.20. The quantitative estimate of drug-likeness (QED) is 0.371. The van der Waals surface area contributed by atoms with Crippen molar-refractivity contribution < 1.29 is 9.72 Å². The molecule has 0 atom stereocenters. The number of carbonyl (C=O) groups excluding carboxylic acids is 1. The van der Waals surface area contributed by atoms with E-state index in [0.717, 1.165) is 11.3 Å². The molecule has 1 aliphatic heterocycles. The van der Waals surface area contributed by atoms with E-state index in [1.165, 1.54) is 18.2 Å². The van der Waals surface area contributed by atoms with Gasteiger partial charge in [0.05, 0.1) is 4.92 Å². The summed E-state index contributed by atoms with van der Waals surface area (Å²) in [5.41, 5.74) is 1.96. The van der Waals surface area contributed by atoms with Gasteiger partial charge in [-0.1, -0.05) is 30.3 Å². The molecule has 1 N–H and O–H groups in total. The van der Waals surface area contributed by atoms with Gasteiger partial charge in [0.1, 0.15) is 0 Å². The minimum Gasteiger partial charge on any atom is -0.368 e. The number of nitrogens with one attached hydrogen (secondary N) is 1. The first kappa shape index (κ1) is 19.5. The first-order valence-corrected chi connectivity index (χ1v) is 9.26. The second-order valence-electron chi connectivity index (χ2n) is 6.29. The summed E-state index contributed by atoms with van der Waals surface area (Å²) in [4.78, 5) is 26.5. The van der Waals surface area contributed by atoms with Crippen molar-refractivity contribution in [3.8, 4) is 0 Å². The SMILES string of the molecule is O=C(/C=C/c1ccccc1)NC(=S)N1CCN(c2ccc([N+](=O)[O-])cc2)CC1. The van der Waals surface area contributed by atoms with Crippen LogP contribution in [0.1, 0.15) is 5.56 Å². The van der Waals surface area contributed by atoms with E-state index in [4.69, 9.17) is 12.2 Å². The standard InChI is InChI=1S/C20H20N4O3S/c25-19(11-6-16-4-2-1-3-5-16)21-20(28)23-14-12-22(13-15-23)17-7-9-18(10-8-17)24(26)27/h1-11H,12-15H2,(H,21,25,28)/b11-6+. The number of amides is 1. The number of thiocarbonyl (C=S) groups is 1. The number of anilines is 1. The van der Waals surface area contributed by atoms with E-state index >= 15 is 0 Å². The number of nitro benzene ring substituents is 1. The molecule has 1 fully saturated rings. The Morgan fingerprint density at radius 1 is 1.04 bits per heavy atom. The van der Waals surface area contributed by atoms with Crippen molar-refractivity contribution in [2.24, 2.45) is 0 Å². The highest BCUT2D eigenvalue weighted by Crippen LogP contribution is 2.20. The number of carbonyl (C=O) groups is 1. The van der Waals surface area contributed by atoms with Crippen LogP contribution >= 0.6 is 12.2 Å². The van der Waals surface area contributed by atoms with Crippen LogP contribution in [0.4, 0.5) is 11.4 Å². The predicted molar refractivity (Wildman–Crippen MR) is 113 cm³/mol. The molecule has 2 aromatic carbocycles. The minimum atomic E-state index is -0.408. The smallest absolute Gasteiger partial charge is 0.269 e. The monoisotopic (exact) mass is 396 g/mol. The molecule has 1 amide bonds. The molecule has 28 heavy (non-hydrogen) atoms. The third-order valence-corrected chi connectivity index (χ3v) is 4.81. The number of nitro groups is 1. The number of nitrogens with zero attached hydrogens (tertiary/aromatic N) is 3. The Hall–Kier alpha value is -3.26. The lowest BCUT2D eigenvalue weighted by atomic mass is 10.2. The van der Waals surface area contributed by atoms with Crippen LogP contribution in [0.2, 0.25) is 0 Å². The topological polar surface area (TPSA) is 78.7 Å². The van der Waals surface area contributed by atoms with Crippen molar-refractivity contribution in [3.05, 3.63) is 76.4 Å². The molecule has 0 saturated carbocycles. The van der Waals surface area contributed by atoms with Crippen LogP contribution in [0.25, 0.3) is 6.08 Å². The zero-order valence-electron chi connectivity index (χ0n) is 15.2. The fourth-order valence-corrected chi connectivity index (χ4v) is 3.20. The summed E-state index contributed by atoms with van der Waals surface area (Å²) in [6.07, 6.45) is 3.21. The lowest BCUT2D eigenvalue weighted by molar-refractivity contribution is -0.384. The van der Waals surface area contributed by atoms with Crippen molar-refractivity contribution in [2.45, 2.75) is 0 Å². The summed E-state index contributed by atoms with van der Waals surface area (Å²) >= 11 is 5.35. The molecule has 0 aromatic heterocycles. The summed E-state index contributed by atoms with van der Waals surface area (Å²) in [6, 6.07) is 16.1. The summed E-state index contributed by atoms with van der Waals surface area (Å²) < 4.78 is 0. The van der Waals surface area contributed by atoms with Gasteiger partial charge in [-0.3, -0.25) is 20.2 Å². The van der Waals surface area contributed by atoms with E-state index in [2.05, 4.69) is 10.2 Å². The van der Waals surface area contributed by atoms with Gasteiger partial charge in [-0.15, -0.1) is 0 Å².